The number of carbonyl (C=O) groups is 1. The van der Waals surface area contributed by atoms with Gasteiger partial charge in [-0.3, -0.25) is 0 Å². The first-order valence-electron chi connectivity index (χ1n) is 7.10. The Hall–Kier alpha value is -2.66. The molecule has 0 unspecified atom stereocenters. The van der Waals surface area contributed by atoms with Crippen LogP contribution in [0.5, 0.6) is 0 Å². The van der Waals surface area contributed by atoms with Gasteiger partial charge in [-0.1, -0.05) is 29.8 Å². The lowest BCUT2D eigenvalue weighted by Gasteiger charge is -2.09. The third kappa shape index (κ3) is 3.16. The second kappa shape index (κ2) is 6.45. The molecule has 0 amide bonds. The van der Waals surface area contributed by atoms with Crippen molar-refractivity contribution < 1.29 is 18.3 Å². The fourth-order valence-electron chi connectivity index (χ4n) is 2.36. The molecule has 0 aliphatic heterocycles. The minimum absolute atomic E-state index is 0.0342. The Morgan fingerprint density at radius 3 is 2.79 bits per heavy atom. The molecule has 0 aliphatic rings. The van der Waals surface area contributed by atoms with E-state index in [1.807, 2.05) is 13.0 Å². The summed E-state index contributed by atoms with van der Waals surface area (Å²) in [5.41, 5.74) is 0.919. The van der Waals surface area contributed by atoms with E-state index in [1.54, 1.807) is 12.1 Å². The van der Waals surface area contributed by atoms with Gasteiger partial charge in [-0.15, -0.1) is 0 Å². The molecule has 2 aromatic carbocycles. The number of benzene rings is 2. The van der Waals surface area contributed by atoms with Gasteiger partial charge >= 0.3 is 11.6 Å². The van der Waals surface area contributed by atoms with E-state index in [-0.39, 0.29) is 17.2 Å². The molecule has 0 aliphatic carbocycles. The largest absolute Gasteiger partial charge is 0.457 e. The summed E-state index contributed by atoms with van der Waals surface area (Å²) < 4.78 is 24.0. The van der Waals surface area contributed by atoms with Gasteiger partial charge in [-0.25, -0.2) is 14.0 Å². The fraction of sp³-hybridized carbons (Fsp3) is 0.111. The van der Waals surface area contributed by atoms with Crippen molar-refractivity contribution in [1.29, 1.82) is 0 Å². The Balaban J connectivity index is 1.91. The summed E-state index contributed by atoms with van der Waals surface area (Å²) in [6, 6.07) is 10.5. The lowest BCUT2D eigenvalue weighted by Crippen LogP contribution is -2.10. The van der Waals surface area contributed by atoms with Crippen molar-refractivity contribution in [2.24, 2.45) is 0 Å². The molecule has 24 heavy (non-hydrogen) atoms. The highest BCUT2D eigenvalue weighted by Gasteiger charge is 2.18. The van der Waals surface area contributed by atoms with Crippen LogP contribution in [-0.4, -0.2) is 5.97 Å². The molecule has 1 aromatic heterocycles. The van der Waals surface area contributed by atoms with Gasteiger partial charge in [0.05, 0.1) is 5.02 Å². The van der Waals surface area contributed by atoms with Crippen molar-refractivity contribution in [3.05, 3.63) is 80.4 Å². The summed E-state index contributed by atoms with van der Waals surface area (Å²) in [4.78, 5) is 23.7. The van der Waals surface area contributed by atoms with Crippen molar-refractivity contribution in [3.8, 4) is 0 Å². The number of hydrogen-bond donors (Lipinski definition) is 0. The predicted molar refractivity (Wildman–Crippen MR) is 87.8 cm³/mol. The van der Waals surface area contributed by atoms with Crippen molar-refractivity contribution in [1.82, 2.24) is 0 Å². The monoisotopic (exact) mass is 346 g/mol. The number of ether oxygens (including phenoxy) is 1. The molecule has 4 nitrogen and oxygen atoms in total. The summed E-state index contributed by atoms with van der Waals surface area (Å²) in [6.07, 6.45) is 0. The zero-order chi connectivity index (χ0) is 17.3. The number of aryl methyl sites for hydroxylation is 1. The zero-order valence-electron chi connectivity index (χ0n) is 12.6. The minimum atomic E-state index is -0.897. The van der Waals surface area contributed by atoms with E-state index in [1.165, 1.54) is 18.2 Å². The van der Waals surface area contributed by atoms with Crippen molar-refractivity contribution in [2.75, 3.05) is 0 Å². The standard InChI is InChI=1S/C18H12ClFO4/c1-10-5-6-12-11(8-16(21)24-15(12)7-10)9-23-18(22)17-13(19)3-2-4-14(17)20/h2-8H,9H2,1H3. The number of fused-ring (bicyclic) bond motifs is 1. The van der Waals surface area contributed by atoms with Crippen LogP contribution in [0.25, 0.3) is 11.0 Å². The van der Waals surface area contributed by atoms with Gasteiger partial charge in [-0.2, -0.15) is 0 Å². The van der Waals surface area contributed by atoms with E-state index in [9.17, 15) is 14.0 Å². The Morgan fingerprint density at radius 1 is 1.25 bits per heavy atom. The van der Waals surface area contributed by atoms with Gasteiger partial charge in [0.1, 0.15) is 23.6 Å². The number of hydrogen-bond acceptors (Lipinski definition) is 4. The number of rotatable bonds is 3. The highest BCUT2D eigenvalue weighted by molar-refractivity contribution is 6.33. The van der Waals surface area contributed by atoms with E-state index < -0.39 is 17.4 Å². The van der Waals surface area contributed by atoms with E-state index in [0.717, 1.165) is 11.6 Å². The Bertz CT molecular complexity index is 974. The number of halogens is 2. The molecule has 6 heteroatoms. The normalized spacial score (nSPS) is 10.8. The van der Waals surface area contributed by atoms with Crippen LogP contribution < -0.4 is 5.63 Å². The maximum Gasteiger partial charge on any atom is 0.342 e. The number of esters is 1. The van der Waals surface area contributed by atoms with Crippen LogP contribution >= 0.6 is 11.6 Å². The van der Waals surface area contributed by atoms with E-state index in [4.69, 9.17) is 20.8 Å². The smallest absolute Gasteiger partial charge is 0.342 e. The first kappa shape index (κ1) is 16.2. The topological polar surface area (TPSA) is 56.5 Å². The molecule has 0 radical (unpaired) electrons. The van der Waals surface area contributed by atoms with Gasteiger partial charge in [0.2, 0.25) is 0 Å². The first-order valence-corrected chi connectivity index (χ1v) is 7.48. The van der Waals surface area contributed by atoms with Gasteiger partial charge in [-0.05, 0) is 30.7 Å². The summed E-state index contributed by atoms with van der Waals surface area (Å²) in [7, 11) is 0. The quantitative estimate of drug-likeness (QED) is 0.525. The van der Waals surface area contributed by atoms with Gasteiger partial charge in [0.15, 0.2) is 0 Å². The maximum absolute atomic E-state index is 13.7. The highest BCUT2D eigenvalue weighted by atomic mass is 35.5. The molecule has 3 rings (SSSR count). The molecule has 0 saturated carbocycles. The van der Waals surface area contributed by atoms with Gasteiger partial charge < -0.3 is 9.15 Å². The zero-order valence-corrected chi connectivity index (χ0v) is 13.4. The average molecular weight is 347 g/mol. The van der Waals surface area contributed by atoms with Crippen LogP contribution in [0.1, 0.15) is 21.5 Å². The first-order chi connectivity index (χ1) is 11.5. The minimum Gasteiger partial charge on any atom is -0.457 e. The molecular weight excluding hydrogens is 335 g/mol. The van der Waals surface area contributed by atoms with E-state index in [2.05, 4.69) is 0 Å². The molecule has 0 N–H and O–H groups in total. The van der Waals surface area contributed by atoms with E-state index >= 15 is 0 Å². The van der Waals surface area contributed by atoms with Crippen LogP contribution in [0.4, 0.5) is 4.39 Å². The van der Waals surface area contributed by atoms with Crippen molar-refractivity contribution >= 4 is 28.5 Å². The molecule has 1 heterocycles. The predicted octanol–water partition coefficient (Wildman–Crippen LogP) is 4.25. The molecule has 122 valence electrons. The third-order valence-electron chi connectivity index (χ3n) is 3.51. The Labute approximate surface area is 141 Å². The highest BCUT2D eigenvalue weighted by Crippen LogP contribution is 2.22. The van der Waals surface area contributed by atoms with Gasteiger partial charge in [0, 0.05) is 17.0 Å². The summed E-state index contributed by atoms with van der Waals surface area (Å²) in [6.45, 7) is 1.67. The second-order valence-electron chi connectivity index (χ2n) is 5.26. The lowest BCUT2D eigenvalue weighted by atomic mass is 10.1. The SMILES string of the molecule is Cc1ccc2c(COC(=O)c3c(F)cccc3Cl)cc(=O)oc2c1. The van der Waals surface area contributed by atoms with Crippen LogP contribution in [0, 0.1) is 12.7 Å². The fourth-order valence-corrected chi connectivity index (χ4v) is 2.60. The summed E-state index contributed by atoms with van der Waals surface area (Å²) >= 11 is 5.84. The third-order valence-corrected chi connectivity index (χ3v) is 3.83. The second-order valence-corrected chi connectivity index (χ2v) is 5.67. The van der Waals surface area contributed by atoms with Crippen LogP contribution in [0.3, 0.4) is 0 Å². The molecule has 0 fully saturated rings. The summed E-state index contributed by atoms with van der Waals surface area (Å²) in [5.74, 6) is -1.66. The van der Waals surface area contributed by atoms with E-state index in [0.29, 0.717) is 16.5 Å². The molecular formula is C18H12ClFO4. The molecule has 0 saturated heterocycles. The van der Waals surface area contributed by atoms with Crippen molar-refractivity contribution in [3.63, 3.8) is 0 Å². The molecule has 0 bridgehead atoms. The van der Waals surface area contributed by atoms with Gasteiger partial charge in [0.25, 0.3) is 0 Å². The van der Waals surface area contributed by atoms with Crippen LogP contribution in [-0.2, 0) is 11.3 Å². The molecule has 0 atom stereocenters. The lowest BCUT2D eigenvalue weighted by molar-refractivity contribution is 0.0468. The average Bonchev–Trinajstić information content (AvgIpc) is 2.51. The number of carbonyl (C=O) groups excluding carboxylic acids is 1. The molecule has 3 aromatic rings. The Kier molecular flexibility index (Phi) is 4.36. The maximum atomic E-state index is 13.7. The van der Waals surface area contributed by atoms with Crippen molar-refractivity contribution in [2.45, 2.75) is 13.5 Å². The summed E-state index contributed by atoms with van der Waals surface area (Å²) in [5, 5.41) is 0.612. The molecule has 0 spiro atoms. The van der Waals surface area contributed by atoms with Crippen LogP contribution in [0.2, 0.25) is 5.02 Å². The van der Waals surface area contributed by atoms with Crippen LogP contribution in [0.15, 0.2) is 51.7 Å². The Morgan fingerprint density at radius 2 is 2.04 bits per heavy atom.